The summed E-state index contributed by atoms with van der Waals surface area (Å²) in [5.41, 5.74) is 0.375. The van der Waals surface area contributed by atoms with E-state index in [9.17, 15) is 5.11 Å². The Bertz CT molecular complexity index is 276. The SMILES string of the molecule is CCCCc1ncc(CO)c(O)n1. The fourth-order valence-electron chi connectivity index (χ4n) is 1.000. The van der Waals surface area contributed by atoms with Gasteiger partial charge < -0.3 is 10.2 Å². The van der Waals surface area contributed by atoms with Gasteiger partial charge in [0, 0.05) is 12.6 Å². The molecule has 0 saturated carbocycles. The molecule has 0 atom stereocenters. The van der Waals surface area contributed by atoms with Crippen molar-refractivity contribution in [1.82, 2.24) is 9.97 Å². The maximum absolute atomic E-state index is 9.28. The van der Waals surface area contributed by atoms with Gasteiger partial charge in [-0.2, -0.15) is 4.98 Å². The molecule has 72 valence electrons. The summed E-state index contributed by atoms with van der Waals surface area (Å²) in [6.07, 6.45) is 4.33. The van der Waals surface area contributed by atoms with Crippen molar-refractivity contribution in [2.45, 2.75) is 32.8 Å². The van der Waals surface area contributed by atoms with Crippen molar-refractivity contribution in [3.63, 3.8) is 0 Å². The second-order valence-electron chi connectivity index (χ2n) is 2.90. The molecule has 0 saturated heterocycles. The number of aryl methyl sites for hydroxylation is 1. The van der Waals surface area contributed by atoms with Gasteiger partial charge in [0.2, 0.25) is 5.88 Å². The van der Waals surface area contributed by atoms with E-state index in [2.05, 4.69) is 16.9 Å². The van der Waals surface area contributed by atoms with Crippen molar-refractivity contribution in [2.24, 2.45) is 0 Å². The average Bonchev–Trinajstić information content (AvgIpc) is 2.15. The standard InChI is InChI=1S/C9H14N2O2/c1-2-3-4-8-10-5-7(6-12)9(13)11-8/h5,12H,2-4,6H2,1H3,(H,10,11,13). The summed E-state index contributed by atoms with van der Waals surface area (Å²) in [7, 11) is 0. The molecular weight excluding hydrogens is 168 g/mol. The van der Waals surface area contributed by atoms with Crippen molar-refractivity contribution in [3.8, 4) is 5.88 Å². The van der Waals surface area contributed by atoms with Gasteiger partial charge in [-0.15, -0.1) is 0 Å². The maximum Gasteiger partial charge on any atom is 0.219 e. The summed E-state index contributed by atoms with van der Waals surface area (Å²) in [5, 5.41) is 18.0. The van der Waals surface area contributed by atoms with E-state index in [0.29, 0.717) is 11.4 Å². The van der Waals surface area contributed by atoms with E-state index < -0.39 is 0 Å². The Morgan fingerprint density at radius 2 is 2.23 bits per heavy atom. The minimum atomic E-state index is -0.222. The summed E-state index contributed by atoms with van der Waals surface area (Å²) in [6.45, 7) is 1.86. The highest BCUT2D eigenvalue weighted by molar-refractivity contribution is 5.21. The minimum Gasteiger partial charge on any atom is -0.493 e. The lowest BCUT2D eigenvalue weighted by molar-refractivity contribution is 0.272. The number of aromatic nitrogens is 2. The molecule has 0 amide bonds. The second kappa shape index (κ2) is 4.77. The van der Waals surface area contributed by atoms with Crippen LogP contribution in [-0.4, -0.2) is 20.2 Å². The van der Waals surface area contributed by atoms with Gasteiger partial charge in [-0.05, 0) is 6.42 Å². The van der Waals surface area contributed by atoms with E-state index in [1.165, 1.54) is 6.20 Å². The lowest BCUT2D eigenvalue weighted by Gasteiger charge is -2.02. The van der Waals surface area contributed by atoms with Crippen LogP contribution in [0.15, 0.2) is 6.20 Å². The van der Waals surface area contributed by atoms with Gasteiger partial charge in [0.15, 0.2) is 0 Å². The summed E-state index contributed by atoms with van der Waals surface area (Å²) in [6, 6.07) is 0. The molecule has 0 aliphatic rings. The predicted octanol–water partition coefficient (Wildman–Crippen LogP) is 1.02. The number of aromatic hydroxyl groups is 1. The molecule has 13 heavy (non-hydrogen) atoms. The topological polar surface area (TPSA) is 66.2 Å². The fraction of sp³-hybridized carbons (Fsp3) is 0.556. The van der Waals surface area contributed by atoms with Crippen molar-refractivity contribution in [2.75, 3.05) is 0 Å². The van der Waals surface area contributed by atoms with Crippen LogP contribution < -0.4 is 0 Å². The molecule has 0 aliphatic carbocycles. The second-order valence-corrected chi connectivity index (χ2v) is 2.90. The molecule has 1 heterocycles. The number of hydrogen-bond acceptors (Lipinski definition) is 4. The zero-order valence-corrected chi connectivity index (χ0v) is 7.69. The molecule has 0 aliphatic heterocycles. The summed E-state index contributed by atoms with van der Waals surface area (Å²) < 4.78 is 0. The summed E-state index contributed by atoms with van der Waals surface area (Å²) in [4.78, 5) is 7.88. The Labute approximate surface area is 77.3 Å². The lowest BCUT2D eigenvalue weighted by atomic mass is 10.2. The molecule has 2 N–H and O–H groups in total. The van der Waals surface area contributed by atoms with E-state index >= 15 is 0 Å². The lowest BCUT2D eigenvalue weighted by Crippen LogP contribution is -1.97. The molecule has 0 aromatic carbocycles. The first-order valence-corrected chi connectivity index (χ1v) is 4.42. The van der Waals surface area contributed by atoms with Crippen LogP contribution in [0.4, 0.5) is 0 Å². The van der Waals surface area contributed by atoms with E-state index in [-0.39, 0.29) is 12.5 Å². The van der Waals surface area contributed by atoms with Crippen LogP contribution in [0.2, 0.25) is 0 Å². The zero-order chi connectivity index (χ0) is 9.68. The fourth-order valence-corrected chi connectivity index (χ4v) is 1.000. The van der Waals surface area contributed by atoms with Crippen LogP contribution in [0, 0.1) is 0 Å². The van der Waals surface area contributed by atoms with Crippen molar-refractivity contribution < 1.29 is 10.2 Å². The van der Waals surface area contributed by atoms with Gasteiger partial charge >= 0.3 is 0 Å². The first-order chi connectivity index (χ1) is 6.27. The Morgan fingerprint density at radius 3 is 2.77 bits per heavy atom. The predicted molar refractivity (Wildman–Crippen MR) is 48.2 cm³/mol. The number of aliphatic hydroxyl groups excluding tert-OH is 1. The molecule has 1 rings (SSSR count). The smallest absolute Gasteiger partial charge is 0.219 e. The zero-order valence-electron chi connectivity index (χ0n) is 7.69. The van der Waals surface area contributed by atoms with Crippen molar-refractivity contribution in [3.05, 3.63) is 17.6 Å². The Hall–Kier alpha value is -1.16. The van der Waals surface area contributed by atoms with Crippen molar-refractivity contribution >= 4 is 0 Å². The molecular formula is C9H14N2O2. The Balaban J connectivity index is 2.71. The molecule has 0 radical (unpaired) electrons. The molecule has 0 unspecified atom stereocenters. The quantitative estimate of drug-likeness (QED) is 0.729. The van der Waals surface area contributed by atoms with Gasteiger partial charge in [0.05, 0.1) is 12.2 Å². The number of unbranched alkanes of at least 4 members (excludes halogenated alkanes) is 1. The third-order valence-corrected chi connectivity index (χ3v) is 1.82. The summed E-state index contributed by atoms with van der Waals surface area (Å²) >= 11 is 0. The highest BCUT2D eigenvalue weighted by Gasteiger charge is 2.03. The van der Waals surface area contributed by atoms with Gasteiger partial charge in [-0.3, -0.25) is 0 Å². The van der Waals surface area contributed by atoms with Crippen LogP contribution in [0.1, 0.15) is 31.2 Å². The highest BCUT2D eigenvalue weighted by Crippen LogP contribution is 2.12. The number of nitrogens with zero attached hydrogens (tertiary/aromatic N) is 2. The van der Waals surface area contributed by atoms with Crippen LogP contribution in [0.25, 0.3) is 0 Å². The third kappa shape index (κ3) is 2.66. The van der Waals surface area contributed by atoms with Crippen LogP contribution >= 0.6 is 0 Å². The first-order valence-electron chi connectivity index (χ1n) is 4.42. The normalized spacial score (nSPS) is 10.3. The minimum absolute atomic E-state index is 0.108. The average molecular weight is 182 g/mol. The number of aliphatic hydroxyl groups is 1. The van der Waals surface area contributed by atoms with Crippen LogP contribution in [0.3, 0.4) is 0 Å². The Morgan fingerprint density at radius 1 is 1.46 bits per heavy atom. The molecule has 4 heteroatoms. The monoisotopic (exact) mass is 182 g/mol. The molecule has 1 aromatic rings. The van der Waals surface area contributed by atoms with Crippen LogP contribution in [-0.2, 0) is 13.0 Å². The van der Waals surface area contributed by atoms with E-state index in [1.807, 2.05) is 0 Å². The molecule has 0 fully saturated rings. The Kier molecular flexibility index (Phi) is 3.64. The molecule has 0 bridgehead atoms. The number of hydrogen-bond donors (Lipinski definition) is 2. The van der Waals surface area contributed by atoms with E-state index in [4.69, 9.17) is 5.11 Å². The van der Waals surface area contributed by atoms with Crippen LogP contribution in [0.5, 0.6) is 5.88 Å². The van der Waals surface area contributed by atoms with Gasteiger partial charge in [-0.25, -0.2) is 4.98 Å². The number of rotatable bonds is 4. The van der Waals surface area contributed by atoms with Gasteiger partial charge in [0.25, 0.3) is 0 Å². The first kappa shape index (κ1) is 9.92. The van der Waals surface area contributed by atoms with Gasteiger partial charge in [-0.1, -0.05) is 13.3 Å². The molecule has 0 spiro atoms. The van der Waals surface area contributed by atoms with E-state index in [0.717, 1.165) is 19.3 Å². The molecule has 1 aromatic heterocycles. The summed E-state index contributed by atoms with van der Waals surface area (Å²) in [5.74, 6) is 0.528. The molecule has 4 nitrogen and oxygen atoms in total. The van der Waals surface area contributed by atoms with Gasteiger partial charge in [0.1, 0.15) is 5.82 Å². The van der Waals surface area contributed by atoms with Crippen molar-refractivity contribution in [1.29, 1.82) is 0 Å². The maximum atomic E-state index is 9.28. The largest absolute Gasteiger partial charge is 0.493 e. The third-order valence-electron chi connectivity index (χ3n) is 1.82. The highest BCUT2D eigenvalue weighted by atomic mass is 16.3. The van der Waals surface area contributed by atoms with E-state index in [1.54, 1.807) is 0 Å².